The molecule has 0 aliphatic rings. The number of aliphatic hydroxyl groups excluding tert-OH is 1. The monoisotopic (exact) mass is 216 g/mol. The maximum atomic E-state index is 9.80. The fourth-order valence-electron chi connectivity index (χ4n) is 1.17. The van der Waals surface area contributed by atoms with Crippen molar-refractivity contribution in [1.82, 2.24) is 0 Å². The van der Waals surface area contributed by atoms with Crippen LogP contribution in [0.2, 0.25) is 0 Å². The van der Waals surface area contributed by atoms with E-state index in [1.165, 1.54) is 11.3 Å². The molecule has 74 valence electrons. The Hall–Kier alpha value is 0.01000. The van der Waals surface area contributed by atoms with Crippen LogP contribution in [0.3, 0.4) is 0 Å². The van der Waals surface area contributed by atoms with E-state index >= 15 is 0 Å². The average Bonchev–Trinajstić information content (AvgIpc) is 2.52. The molecule has 0 saturated heterocycles. The van der Waals surface area contributed by atoms with Gasteiger partial charge in [-0.25, -0.2) is 0 Å². The summed E-state index contributed by atoms with van der Waals surface area (Å²) < 4.78 is 0. The highest BCUT2D eigenvalue weighted by Crippen LogP contribution is 2.25. The molecule has 0 aliphatic heterocycles. The Kier molecular flexibility index (Phi) is 4.84. The molecule has 1 N–H and O–H groups in total. The first-order valence-corrected chi connectivity index (χ1v) is 6.59. The van der Waals surface area contributed by atoms with Crippen LogP contribution in [0.25, 0.3) is 0 Å². The van der Waals surface area contributed by atoms with Gasteiger partial charge in [0, 0.05) is 10.6 Å². The third-order valence-electron chi connectivity index (χ3n) is 1.88. The summed E-state index contributed by atoms with van der Waals surface area (Å²) in [6, 6.07) is 2.02. The molecular formula is C10H16OS2. The quantitative estimate of drug-likeness (QED) is 0.763. The first kappa shape index (κ1) is 11.1. The molecule has 1 nitrogen and oxygen atoms in total. The summed E-state index contributed by atoms with van der Waals surface area (Å²) in [6.07, 6.45) is 0.905. The number of thioether (sulfide) groups is 1. The molecule has 1 rings (SSSR count). The summed E-state index contributed by atoms with van der Waals surface area (Å²) in [5.41, 5.74) is 1.11. The van der Waals surface area contributed by atoms with Gasteiger partial charge in [0.2, 0.25) is 0 Å². The largest absolute Gasteiger partial charge is 0.388 e. The normalized spacial score (nSPS) is 13.2. The van der Waals surface area contributed by atoms with Crippen molar-refractivity contribution >= 4 is 23.1 Å². The van der Waals surface area contributed by atoms with Gasteiger partial charge in [0.25, 0.3) is 0 Å². The van der Waals surface area contributed by atoms with Crippen LogP contribution in [0.4, 0.5) is 0 Å². The SMILES string of the molecule is CCCSCC(O)c1ccsc1C. The van der Waals surface area contributed by atoms with Crippen LogP contribution in [0.1, 0.15) is 29.9 Å². The molecule has 0 aromatic carbocycles. The van der Waals surface area contributed by atoms with Crippen molar-refractivity contribution in [2.45, 2.75) is 26.4 Å². The maximum Gasteiger partial charge on any atom is 0.0891 e. The van der Waals surface area contributed by atoms with E-state index in [1.807, 2.05) is 23.2 Å². The molecule has 3 heteroatoms. The number of hydrogen-bond donors (Lipinski definition) is 1. The van der Waals surface area contributed by atoms with Gasteiger partial charge < -0.3 is 5.11 Å². The minimum atomic E-state index is -0.275. The molecule has 1 atom stereocenters. The van der Waals surface area contributed by atoms with Gasteiger partial charge in [0.1, 0.15) is 0 Å². The average molecular weight is 216 g/mol. The number of hydrogen-bond acceptors (Lipinski definition) is 3. The second-order valence-electron chi connectivity index (χ2n) is 3.02. The Morgan fingerprint density at radius 1 is 1.62 bits per heavy atom. The minimum absolute atomic E-state index is 0.275. The van der Waals surface area contributed by atoms with E-state index in [4.69, 9.17) is 0 Å². The van der Waals surface area contributed by atoms with E-state index in [0.717, 1.165) is 17.1 Å². The highest BCUT2D eigenvalue weighted by atomic mass is 32.2. The van der Waals surface area contributed by atoms with Crippen LogP contribution in [-0.2, 0) is 0 Å². The van der Waals surface area contributed by atoms with Crippen molar-refractivity contribution in [3.63, 3.8) is 0 Å². The summed E-state index contributed by atoms with van der Waals surface area (Å²) in [7, 11) is 0. The van der Waals surface area contributed by atoms with Crippen molar-refractivity contribution in [3.8, 4) is 0 Å². The topological polar surface area (TPSA) is 20.2 Å². The fraction of sp³-hybridized carbons (Fsp3) is 0.600. The van der Waals surface area contributed by atoms with Crippen LogP contribution in [0.5, 0.6) is 0 Å². The van der Waals surface area contributed by atoms with Crippen molar-refractivity contribution in [3.05, 3.63) is 21.9 Å². The van der Waals surface area contributed by atoms with Gasteiger partial charge in [-0.05, 0) is 36.1 Å². The molecule has 0 aliphatic carbocycles. The third-order valence-corrected chi connectivity index (χ3v) is 3.99. The number of thiophene rings is 1. The number of aryl methyl sites for hydroxylation is 1. The Morgan fingerprint density at radius 3 is 2.92 bits per heavy atom. The minimum Gasteiger partial charge on any atom is -0.388 e. The third kappa shape index (κ3) is 3.33. The van der Waals surface area contributed by atoms with E-state index in [-0.39, 0.29) is 6.10 Å². The van der Waals surface area contributed by atoms with Gasteiger partial charge in [0.05, 0.1) is 6.10 Å². The van der Waals surface area contributed by atoms with Crippen LogP contribution >= 0.6 is 23.1 Å². The highest BCUT2D eigenvalue weighted by molar-refractivity contribution is 7.99. The summed E-state index contributed by atoms with van der Waals surface area (Å²) in [5.74, 6) is 1.96. The lowest BCUT2D eigenvalue weighted by atomic mass is 10.2. The molecule has 1 aromatic heterocycles. The molecule has 0 bridgehead atoms. The van der Waals surface area contributed by atoms with Crippen molar-refractivity contribution < 1.29 is 5.11 Å². The van der Waals surface area contributed by atoms with Gasteiger partial charge >= 0.3 is 0 Å². The van der Waals surface area contributed by atoms with Gasteiger partial charge in [-0.2, -0.15) is 11.8 Å². The molecule has 1 unspecified atom stereocenters. The predicted molar refractivity (Wildman–Crippen MR) is 61.6 cm³/mol. The zero-order valence-corrected chi connectivity index (χ0v) is 9.75. The van der Waals surface area contributed by atoms with Crippen molar-refractivity contribution in [1.29, 1.82) is 0 Å². The van der Waals surface area contributed by atoms with E-state index < -0.39 is 0 Å². The summed E-state index contributed by atoms with van der Waals surface area (Å²) in [5, 5.41) is 11.8. The standard InChI is InChI=1S/C10H16OS2/c1-3-5-12-7-10(11)9-4-6-13-8(9)2/h4,6,10-11H,3,5,7H2,1-2H3. The Balaban J connectivity index is 2.39. The van der Waals surface area contributed by atoms with E-state index in [1.54, 1.807) is 11.3 Å². The summed E-state index contributed by atoms with van der Waals surface area (Å²) in [6.45, 7) is 4.23. The predicted octanol–water partition coefficient (Wildman–Crippen LogP) is 3.23. The molecule has 1 heterocycles. The molecule has 0 radical (unpaired) electrons. The molecule has 13 heavy (non-hydrogen) atoms. The molecule has 0 saturated carbocycles. The van der Waals surface area contributed by atoms with Crippen molar-refractivity contribution in [2.75, 3.05) is 11.5 Å². The number of rotatable bonds is 5. The Labute approximate surface area is 88.2 Å². The van der Waals surface area contributed by atoms with Crippen LogP contribution < -0.4 is 0 Å². The maximum absolute atomic E-state index is 9.80. The molecule has 1 aromatic rings. The first-order chi connectivity index (χ1) is 6.25. The zero-order chi connectivity index (χ0) is 9.68. The first-order valence-electron chi connectivity index (χ1n) is 4.55. The highest BCUT2D eigenvalue weighted by Gasteiger charge is 2.10. The molecule has 0 spiro atoms. The second-order valence-corrected chi connectivity index (χ2v) is 5.29. The van der Waals surface area contributed by atoms with Gasteiger partial charge in [-0.1, -0.05) is 6.92 Å². The molecule has 0 fully saturated rings. The smallest absolute Gasteiger partial charge is 0.0891 e. The lowest BCUT2D eigenvalue weighted by Crippen LogP contribution is -2.00. The van der Waals surface area contributed by atoms with Crippen LogP contribution in [0, 0.1) is 6.92 Å². The second kappa shape index (κ2) is 5.68. The van der Waals surface area contributed by atoms with E-state index in [2.05, 4.69) is 13.8 Å². The number of aliphatic hydroxyl groups is 1. The van der Waals surface area contributed by atoms with Crippen molar-refractivity contribution in [2.24, 2.45) is 0 Å². The fourth-order valence-corrected chi connectivity index (χ4v) is 2.79. The summed E-state index contributed by atoms with van der Waals surface area (Å²) in [4.78, 5) is 1.24. The van der Waals surface area contributed by atoms with Crippen LogP contribution in [-0.4, -0.2) is 16.6 Å². The van der Waals surface area contributed by atoms with Gasteiger partial charge in [-0.3, -0.25) is 0 Å². The lowest BCUT2D eigenvalue weighted by Gasteiger charge is -2.09. The zero-order valence-electron chi connectivity index (χ0n) is 8.12. The Bertz CT molecular complexity index is 245. The van der Waals surface area contributed by atoms with E-state index in [9.17, 15) is 5.11 Å². The Morgan fingerprint density at radius 2 is 2.38 bits per heavy atom. The lowest BCUT2D eigenvalue weighted by molar-refractivity contribution is 0.204. The van der Waals surface area contributed by atoms with Gasteiger partial charge in [-0.15, -0.1) is 11.3 Å². The van der Waals surface area contributed by atoms with Crippen LogP contribution in [0.15, 0.2) is 11.4 Å². The molecule has 0 amide bonds. The van der Waals surface area contributed by atoms with Gasteiger partial charge in [0.15, 0.2) is 0 Å². The van der Waals surface area contributed by atoms with E-state index in [0.29, 0.717) is 0 Å². The summed E-state index contributed by atoms with van der Waals surface area (Å²) >= 11 is 3.53. The molecular weight excluding hydrogens is 200 g/mol.